The maximum Gasteiger partial charge on any atom is 0.203 e. The minimum Gasteiger partial charge on any atom is -0.493 e. The fraction of sp³-hybridized carbons (Fsp3) is 0.588. The summed E-state index contributed by atoms with van der Waals surface area (Å²) >= 11 is 0. The molecule has 2 rings (SSSR count). The smallest absolute Gasteiger partial charge is 0.203 e. The molecule has 0 aliphatic heterocycles. The number of tetrazole rings is 1. The molecule has 1 aromatic heterocycles. The van der Waals surface area contributed by atoms with Crippen LogP contribution in [0.4, 0.5) is 0 Å². The zero-order valence-corrected chi connectivity index (χ0v) is 16.2. The van der Waals surface area contributed by atoms with Gasteiger partial charge < -0.3 is 14.2 Å². The number of ether oxygens (including phenoxy) is 3. The summed E-state index contributed by atoms with van der Waals surface area (Å²) < 4.78 is 18.2. The molecule has 8 nitrogen and oxygen atoms in total. The van der Waals surface area contributed by atoms with E-state index in [2.05, 4.69) is 41.2 Å². The van der Waals surface area contributed by atoms with Gasteiger partial charge in [-0.2, -0.15) is 0 Å². The van der Waals surface area contributed by atoms with Gasteiger partial charge in [0.25, 0.3) is 0 Å². The summed E-state index contributed by atoms with van der Waals surface area (Å²) in [5, 5.41) is 12.3. The van der Waals surface area contributed by atoms with Gasteiger partial charge in [-0.25, -0.2) is 4.68 Å². The van der Waals surface area contributed by atoms with Crippen LogP contribution in [0.5, 0.6) is 17.2 Å². The topological polar surface area (TPSA) is 74.5 Å². The lowest BCUT2D eigenvalue weighted by Gasteiger charge is -2.28. The van der Waals surface area contributed by atoms with Crippen molar-refractivity contribution in [2.24, 2.45) is 0 Å². The number of aromatic nitrogens is 4. The fourth-order valence-electron chi connectivity index (χ4n) is 2.78. The van der Waals surface area contributed by atoms with Crippen molar-refractivity contribution in [1.29, 1.82) is 0 Å². The SMILES string of the molecule is COc1cc([C@@H](c2nnnn2C(C)(C)C)N(C)C)cc(OC)c1OC. The fourth-order valence-corrected chi connectivity index (χ4v) is 2.78. The van der Waals surface area contributed by atoms with Gasteiger partial charge in [0.2, 0.25) is 5.75 Å². The molecule has 0 aliphatic carbocycles. The molecule has 0 aliphatic rings. The van der Waals surface area contributed by atoms with Crippen molar-refractivity contribution in [2.75, 3.05) is 35.4 Å². The number of methoxy groups -OCH3 is 3. The summed E-state index contributed by atoms with van der Waals surface area (Å²) in [6.45, 7) is 6.19. The summed E-state index contributed by atoms with van der Waals surface area (Å²) in [6.07, 6.45) is 0. The first-order valence-electron chi connectivity index (χ1n) is 7.99. The highest BCUT2D eigenvalue weighted by molar-refractivity contribution is 5.55. The normalized spacial score (nSPS) is 13.0. The van der Waals surface area contributed by atoms with E-state index in [-0.39, 0.29) is 11.6 Å². The van der Waals surface area contributed by atoms with Crippen LogP contribution in [0.3, 0.4) is 0 Å². The largest absolute Gasteiger partial charge is 0.493 e. The Morgan fingerprint density at radius 1 is 1.00 bits per heavy atom. The zero-order chi connectivity index (χ0) is 18.8. The average Bonchev–Trinajstić information content (AvgIpc) is 3.03. The molecule has 0 spiro atoms. The Morgan fingerprint density at radius 2 is 1.56 bits per heavy atom. The number of rotatable bonds is 6. The molecule has 0 amide bonds. The Kier molecular flexibility index (Phi) is 5.52. The molecule has 0 fully saturated rings. The van der Waals surface area contributed by atoms with E-state index in [0.29, 0.717) is 17.2 Å². The molecule has 25 heavy (non-hydrogen) atoms. The van der Waals surface area contributed by atoms with Gasteiger partial charge in [-0.05, 0) is 63.0 Å². The third kappa shape index (κ3) is 3.68. The van der Waals surface area contributed by atoms with E-state index in [0.717, 1.165) is 11.4 Å². The van der Waals surface area contributed by atoms with Gasteiger partial charge in [-0.15, -0.1) is 5.10 Å². The highest BCUT2D eigenvalue weighted by Crippen LogP contribution is 2.41. The van der Waals surface area contributed by atoms with Gasteiger partial charge in [-0.1, -0.05) is 0 Å². The van der Waals surface area contributed by atoms with Crippen LogP contribution >= 0.6 is 0 Å². The first kappa shape index (κ1) is 19.0. The second kappa shape index (κ2) is 7.26. The quantitative estimate of drug-likeness (QED) is 0.790. The first-order valence-corrected chi connectivity index (χ1v) is 7.99. The van der Waals surface area contributed by atoms with E-state index in [9.17, 15) is 0 Å². The van der Waals surface area contributed by atoms with Crippen LogP contribution in [0.1, 0.15) is 38.2 Å². The number of hydrogen-bond donors (Lipinski definition) is 0. The van der Waals surface area contributed by atoms with Gasteiger partial charge in [0.15, 0.2) is 17.3 Å². The van der Waals surface area contributed by atoms with Crippen LogP contribution in [-0.2, 0) is 5.54 Å². The summed E-state index contributed by atoms with van der Waals surface area (Å²) in [5.74, 6) is 2.49. The highest BCUT2D eigenvalue weighted by atomic mass is 16.5. The monoisotopic (exact) mass is 349 g/mol. The van der Waals surface area contributed by atoms with Gasteiger partial charge in [0.05, 0.1) is 32.9 Å². The standard InChI is InChI=1S/C17H27N5O3/c1-17(2,3)22-16(18-19-20-22)14(21(4)5)11-9-12(23-6)15(25-8)13(10-11)24-7/h9-10,14H,1-8H3/t14-/m0/s1. The molecule has 0 radical (unpaired) electrons. The molecule has 1 atom stereocenters. The summed E-state index contributed by atoms with van der Waals surface area (Å²) in [6, 6.07) is 3.67. The van der Waals surface area contributed by atoms with Crippen molar-refractivity contribution in [3.63, 3.8) is 0 Å². The van der Waals surface area contributed by atoms with Crippen molar-refractivity contribution in [1.82, 2.24) is 25.1 Å². The lowest BCUT2D eigenvalue weighted by Crippen LogP contribution is -2.31. The van der Waals surface area contributed by atoms with Crippen molar-refractivity contribution < 1.29 is 14.2 Å². The predicted molar refractivity (Wildman–Crippen MR) is 94.4 cm³/mol. The van der Waals surface area contributed by atoms with Crippen LogP contribution < -0.4 is 14.2 Å². The van der Waals surface area contributed by atoms with E-state index in [4.69, 9.17) is 14.2 Å². The Labute approximate surface area is 148 Å². The van der Waals surface area contributed by atoms with E-state index < -0.39 is 0 Å². The molecule has 8 heteroatoms. The second-order valence-electron chi connectivity index (χ2n) is 6.94. The van der Waals surface area contributed by atoms with E-state index in [1.165, 1.54) is 0 Å². The van der Waals surface area contributed by atoms with Gasteiger partial charge in [-0.3, -0.25) is 4.90 Å². The lowest BCUT2D eigenvalue weighted by molar-refractivity contribution is 0.274. The molecule has 1 heterocycles. The molecule has 0 unspecified atom stereocenters. The van der Waals surface area contributed by atoms with Crippen LogP contribution in [0.15, 0.2) is 12.1 Å². The first-order chi connectivity index (χ1) is 11.7. The molecule has 2 aromatic rings. The molecule has 0 N–H and O–H groups in total. The summed E-state index contributed by atoms with van der Waals surface area (Å²) in [4.78, 5) is 2.05. The Bertz CT molecular complexity index is 696. The van der Waals surface area contributed by atoms with E-state index >= 15 is 0 Å². The minimum atomic E-state index is -0.242. The third-order valence-electron chi connectivity index (χ3n) is 3.89. The molecule has 1 aromatic carbocycles. The van der Waals surface area contributed by atoms with E-state index in [1.807, 2.05) is 30.9 Å². The van der Waals surface area contributed by atoms with E-state index in [1.54, 1.807) is 21.3 Å². The van der Waals surface area contributed by atoms with Crippen LogP contribution in [0.25, 0.3) is 0 Å². The highest BCUT2D eigenvalue weighted by Gasteiger charge is 2.30. The summed E-state index contributed by atoms with van der Waals surface area (Å²) in [7, 11) is 8.75. The van der Waals surface area contributed by atoms with Gasteiger partial charge in [0, 0.05) is 0 Å². The molecule has 138 valence electrons. The zero-order valence-electron chi connectivity index (χ0n) is 16.2. The summed E-state index contributed by atoms with van der Waals surface area (Å²) in [5.41, 5.74) is 0.702. The Morgan fingerprint density at radius 3 is 1.96 bits per heavy atom. The number of benzene rings is 1. The van der Waals surface area contributed by atoms with Crippen molar-refractivity contribution in [3.05, 3.63) is 23.5 Å². The van der Waals surface area contributed by atoms with Crippen molar-refractivity contribution >= 4 is 0 Å². The third-order valence-corrected chi connectivity index (χ3v) is 3.89. The predicted octanol–water partition coefficient (Wildman–Crippen LogP) is 2.10. The van der Waals surface area contributed by atoms with Crippen LogP contribution in [-0.4, -0.2) is 60.5 Å². The molecule has 0 bridgehead atoms. The van der Waals surface area contributed by atoms with Crippen LogP contribution in [0.2, 0.25) is 0 Å². The lowest BCUT2D eigenvalue weighted by atomic mass is 10.0. The second-order valence-corrected chi connectivity index (χ2v) is 6.94. The average molecular weight is 349 g/mol. The minimum absolute atomic E-state index is 0.178. The maximum absolute atomic E-state index is 5.48. The number of nitrogens with zero attached hydrogens (tertiary/aromatic N) is 5. The van der Waals surface area contributed by atoms with Crippen LogP contribution in [0, 0.1) is 0 Å². The molecule has 0 saturated heterocycles. The Hall–Kier alpha value is -2.35. The van der Waals surface area contributed by atoms with Gasteiger partial charge >= 0.3 is 0 Å². The molecular formula is C17H27N5O3. The van der Waals surface area contributed by atoms with Gasteiger partial charge in [0.1, 0.15) is 0 Å². The molecular weight excluding hydrogens is 322 g/mol. The number of hydrogen-bond acceptors (Lipinski definition) is 7. The molecule has 0 saturated carbocycles. The Balaban J connectivity index is 2.65. The van der Waals surface area contributed by atoms with Crippen molar-refractivity contribution in [2.45, 2.75) is 32.4 Å². The van der Waals surface area contributed by atoms with Crippen molar-refractivity contribution in [3.8, 4) is 17.2 Å². The maximum atomic E-state index is 5.48.